The lowest BCUT2D eigenvalue weighted by atomic mass is 9.92. The first-order chi connectivity index (χ1) is 14.8. The topological polar surface area (TPSA) is 111 Å². The van der Waals surface area contributed by atoms with Crippen molar-refractivity contribution >= 4 is 29.0 Å². The number of benzene rings is 1. The van der Waals surface area contributed by atoms with Gasteiger partial charge in [-0.2, -0.15) is 13.2 Å². The minimum absolute atomic E-state index is 0.261. The van der Waals surface area contributed by atoms with Gasteiger partial charge in [0.2, 0.25) is 11.6 Å². The fourth-order valence-corrected chi connectivity index (χ4v) is 3.03. The van der Waals surface area contributed by atoms with Gasteiger partial charge in [-0.05, 0) is 12.1 Å². The first-order valence-corrected chi connectivity index (χ1v) is 9.47. The number of halogens is 4. The van der Waals surface area contributed by atoms with Gasteiger partial charge in [-0.25, -0.2) is 4.98 Å². The SMILES string of the molecule is CC(C)(C)c1cc(C(=O)Nc2nc(-c3ccccc3C(F)(F)F)cc(Cl)c2[N+](=O)[O-])on1. The van der Waals surface area contributed by atoms with Crippen LogP contribution in [0.1, 0.15) is 42.6 Å². The quantitative estimate of drug-likeness (QED) is 0.379. The standard InChI is InChI=1S/C20H16ClF3N4O4/c1-19(2,3)15-9-14(32-27-15)18(29)26-17-16(28(30)31)12(21)8-13(25-17)10-6-4-5-7-11(10)20(22,23)24/h4-9H,1-3H3,(H,25,26,29). The van der Waals surface area contributed by atoms with Crippen LogP contribution in [0.5, 0.6) is 0 Å². The molecule has 0 radical (unpaired) electrons. The second-order valence-electron chi connectivity index (χ2n) is 7.77. The second kappa shape index (κ2) is 8.23. The molecule has 2 aromatic heterocycles. The Balaban J connectivity index is 2.08. The van der Waals surface area contributed by atoms with Crippen LogP contribution < -0.4 is 5.32 Å². The van der Waals surface area contributed by atoms with Gasteiger partial charge in [0.25, 0.3) is 5.91 Å². The number of alkyl halides is 3. The zero-order valence-corrected chi connectivity index (χ0v) is 17.7. The van der Waals surface area contributed by atoms with Crippen molar-refractivity contribution in [2.75, 3.05) is 5.32 Å². The number of pyridine rings is 1. The van der Waals surface area contributed by atoms with Crippen LogP contribution in [0.25, 0.3) is 11.3 Å². The number of nitro groups is 1. The highest BCUT2D eigenvalue weighted by Crippen LogP contribution is 2.40. The molecule has 168 valence electrons. The van der Waals surface area contributed by atoms with Crippen molar-refractivity contribution in [1.29, 1.82) is 0 Å². The normalized spacial score (nSPS) is 12.0. The average molecular weight is 469 g/mol. The third-order valence-electron chi connectivity index (χ3n) is 4.37. The van der Waals surface area contributed by atoms with E-state index in [0.717, 1.165) is 18.2 Å². The summed E-state index contributed by atoms with van der Waals surface area (Å²) in [5, 5.41) is 17.0. The highest BCUT2D eigenvalue weighted by Gasteiger charge is 2.35. The Kier molecular flexibility index (Phi) is 5.96. The maximum absolute atomic E-state index is 13.4. The van der Waals surface area contributed by atoms with Gasteiger partial charge in [0.1, 0.15) is 5.02 Å². The largest absolute Gasteiger partial charge is 0.417 e. The van der Waals surface area contributed by atoms with Crippen LogP contribution in [-0.2, 0) is 11.6 Å². The molecule has 0 bridgehead atoms. The molecule has 0 aliphatic heterocycles. The Hall–Kier alpha value is -3.47. The summed E-state index contributed by atoms with van der Waals surface area (Å²) in [6.45, 7) is 5.50. The van der Waals surface area contributed by atoms with Crippen LogP contribution in [-0.4, -0.2) is 21.0 Å². The molecule has 3 rings (SSSR count). The van der Waals surface area contributed by atoms with Crippen molar-refractivity contribution < 1.29 is 27.4 Å². The van der Waals surface area contributed by atoms with Gasteiger partial charge in [0, 0.05) is 17.0 Å². The van der Waals surface area contributed by atoms with Gasteiger partial charge >= 0.3 is 11.9 Å². The third-order valence-corrected chi connectivity index (χ3v) is 4.66. The molecule has 0 saturated carbocycles. The Morgan fingerprint density at radius 1 is 1.19 bits per heavy atom. The van der Waals surface area contributed by atoms with Crippen molar-refractivity contribution in [2.45, 2.75) is 32.4 Å². The van der Waals surface area contributed by atoms with Crippen molar-refractivity contribution in [1.82, 2.24) is 10.1 Å². The summed E-state index contributed by atoms with van der Waals surface area (Å²) in [5.74, 6) is -1.82. The van der Waals surface area contributed by atoms with E-state index in [1.807, 2.05) is 20.8 Å². The summed E-state index contributed by atoms with van der Waals surface area (Å²) in [6.07, 6.45) is -4.71. The molecule has 3 aromatic rings. The predicted molar refractivity (Wildman–Crippen MR) is 109 cm³/mol. The fraction of sp³-hybridized carbons (Fsp3) is 0.250. The Morgan fingerprint density at radius 2 is 1.84 bits per heavy atom. The van der Waals surface area contributed by atoms with E-state index in [0.29, 0.717) is 5.69 Å². The molecule has 32 heavy (non-hydrogen) atoms. The summed E-state index contributed by atoms with van der Waals surface area (Å²) in [6, 6.07) is 6.82. The van der Waals surface area contributed by atoms with E-state index in [1.54, 1.807) is 0 Å². The Morgan fingerprint density at radius 3 is 2.41 bits per heavy atom. The molecule has 0 atom stereocenters. The van der Waals surface area contributed by atoms with Crippen LogP contribution in [0.3, 0.4) is 0 Å². The first-order valence-electron chi connectivity index (χ1n) is 9.09. The number of amides is 1. The number of aromatic nitrogens is 2. The molecular weight excluding hydrogens is 453 g/mol. The number of nitrogens with zero attached hydrogens (tertiary/aromatic N) is 3. The van der Waals surface area contributed by atoms with E-state index in [9.17, 15) is 28.1 Å². The van der Waals surface area contributed by atoms with Gasteiger partial charge in [-0.3, -0.25) is 20.2 Å². The molecule has 0 unspecified atom stereocenters. The van der Waals surface area contributed by atoms with Crippen LogP contribution >= 0.6 is 11.6 Å². The molecule has 0 fully saturated rings. The molecule has 1 amide bonds. The number of hydrogen-bond acceptors (Lipinski definition) is 6. The zero-order chi connectivity index (χ0) is 23.8. The van der Waals surface area contributed by atoms with Gasteiger partial charge < -0.3 is 4.52 Å². The van der Waals surface area contributed by atoms with E-state index >= 15 is 0 Å². The highest BCUT2D eigenvalue weighted by molar-refractivity contribution is 6.33. The predicted octanol–water partition coefficient (Wildman–Crippen LogP) is 5.87. The number of hydrogen-bond donors (Lipinski definition) is 1. The molecule has 1 N–H and O–H groups in total. The first kappa shape index (κ1) is 23.2. The lowest BCUT2D eigenvalue weighted by molar-refractivity contribution is -0.384. The lowest BCUT2D eigenvalue weighted by Gasteiger charge is -2.14. The zero-order valence-electron chi connectivity index (χ0n) is 17.0. The number of carbonyl (C=O) groups is 1. The van der Waals surface area contributed by atoms with E-state index in [4.69, 9.17) is 16.1 Å². The minimum atomic E-state index is -4.71. The molecule has 0 spiro atoms. The number of nitrogens with one attached hydrogen (secondary N) is 1. The molecule has 0 aliphatic carbocycles. The molecule has 0 aliphatic rings. The molecule has 1 aromatic carbocycles. The van der Waals surface area contributed by atoms with Gasteiger partial charge in [0.05, 0.1) is 21.9 Å². The Bertz CT molecular complexity index is 1200. The minimum Gasteiger partial charge on any atom is -0.351 e. The maximum atomic E-state index is 13.4. The van der Waals surface area contributed by atoms with Crippen LogP contribution in [0, 0.1) is 10.1 Å². The number of rotatable bonds is 4. The smallest absolute Gasteiger partial charge is 0.351 e. The van der Waals surface area contributed by atoms with Crippen molar-refractivity contribution in [2.24, 2.45) is 0 Å². The number of anilines is 1. The second-order valence-corrected chi connectivity index (χ2v) is 8.17. The van der Waals surface area contributed by atoms with Crippen LogP contribution in [0.15, 0.2) is 40.9 Å². The summed E-state index contributed by atoms with van der Waals surface area (Å²) < 4.78 is 45.2. The fourth-order valence-electron chi connectivity index (χ4n) is 2.76. The molecule has 8 nitrogen and oxygen atoms in total. The Labute approximate surface area is 184 Å². The average Bonchev–Trinajstić information content (AvgIpc) is 3.17. The molecule has 12 heteroatoms. The van der Waals surface area contributed by atoms with E-state index < -0.39 is 44.5 Å². The number of carbonyl (C=O) groups excluding carboxylic acids is 1. The van der Waals surface area contributed by atoms with Gasteiger partial charge in [0.15, 0.2) is 0 Å². The maximum Gasteiger partial charge on any atom is 0.417 e. The summed E-state index contributed by atoms with van der Waals surface area (Å²) >= 11 is 5.99. The van der Waals surface area contributed by atoms with Crippen molar-refractivity contribution in [3.63, 3.8) is 0 Å². The summed E-state index contributed by atoms with van der Waals surface area (Å²) in [5.41, 5.74) is -2.44. The van der Waals surface area contributed by atoms with E-state index in [-0.39, 0.29) is 17.0 Å². The van der Waals surface area contributed by atoms with E-state index in [2.05, 4.69) is 15.5 Å². The summed E-state index contributed by atoms with van der Waals surface area (Å²) in [7, 11) is 0. The monoisotopic (exact) mass is 468 g/mol. The molecule has 2 heterocycles. The van der Waals surface area contributed by atoms with Gasteiger partial charge in [-0.15, -0.1) is 0 Å². The van der Waals surface area contributed by atoms with Crippen molar-refractivity contribution in [3.8, 4) is 11.3 Å². The summed E-state index contributed by atoms with van der Waals surface area (Å²) in [4.78, 5) is 27.1. The van der Waals surface area contributed by atoms with E-state index in [1.165, 1.54) is 18.2 Å². The van der Waals surface area contributed by atoms with Crippen LogP contribution in [0.4, 0.5) is 24.7 Å². The van der Waals surface area contributed by atoms with Crippen molar-refractivity contribution in [3.05, 3.63) is 68.6 Å². The van der Waals surface area contributed by atoms with Gasteiger partial charge in [-0.1, -0.05) is 55.7 Å². The van der Waals surface area contributed by atoms with Crippen LogP contribution in [0.2, 0.25) is 5.02 Å². The highest BCUT2D eigenvalue weighted by atomic mass is 35.5. The third kappa shape index (κ3) is 4.72. The molecular formula is C20H16ClF3N4O4. The lowest BCUT2D eigenvalue weighted by Crippen LogP contribution is -2.15. The molecule has 0 saturated heterocycles.